The second kappa shape index (κ2) is 6.47. The lowest BCUT2D eigenvalue weighted by atomic mass is 10.2. The molecule has 1 saturated heterocycles. The minimum atomic E-state index is -3.35. The topological polar surface area (TPSA) is 104 Å². The molecule has 2 N–H and O–H groups in total. The maximum absolute atomic E-state index is 11.9. The number of sulfone groups is 1. The van der Waals surface area contributed by atoms with E-state index in [0.29, 0.717) is 18.1 Å². The van der Waals surface area contributed by atoms with Crippen molar-refractivity contribution in [1.29, 1.82) is 0 Å². The summed E-state index contributed by atoms with van der Waals surface area (Å²) in [4.78, 5) is 23.8. The zero-order chi connectivity index (χ0) is 14.6. The van der Waals surface area contributed by atoms with Crippen LogP contribution < -0.4 is 5.32 Å². The summed E-state index contributed by atoms with van der Waals surface area (Å²) in [6.45, 7) is 1.80. The molecule has 0 aromatic heterocycles. The van der Waals surface area contributed by atoms with Crippen LogP contribution in [0.15, 0.2) is 0 Å². The molecule has 2 amide bonds. The van der Waals surface area contributed by atoms with Crippen molar-refractivity contribution in [1.82, 2.24) is 10.2 Å². The highest BCUT2D eigenvalue weighted by atomic mass is 32.2. The first kappa shape index (κ1) is 16.1. The fraction of sp³-hybridized carbons (Fsp3) is 0.800. The third kappa shape index (κ3) is 4.57. The zero-order valence-corrected chi connectivity index (χ0v) is 12.5. The van der Waals surface area contributed by atoms with Gasteiger partial charge in [-0.1, -0.05) is 6.92 Å². The number of amides is 2. The molecule has 1 fully saturated rings. The van der Waals surface area contributed by atoms with Gasteiger partial charge in [-0.05, 0) is 0 Å². The largest absolute Gasteiger partial charge is 0.481 e. The maximum atomic E-state index is 11.9. The normalized spacial score (nSPS) is 21.8. The summed E-state index contributed by atoms with van der Waals surface area (Å²) in [7, 11) is -3.35. The van der Waals surface area contributed by atoms with Crippen LogP contribution >= 0.6 is 11.8 Å². The van der Waals surface area contributed by atoms with Crippen LogP contribution in [-0.4, -0.2) is 66.6 Å². The third-order valence-electron chi connectivity index (χ3n) is 2.82. The molecule has 0 aromatic carbocycles. The van der Waals surface area contributed by atoms with Crippen molar-refractivity contribution >= 4 is 33.6 Å². The van der Waals surface area contributed by atoms with Crippen LogP contribution in [-0.2, 0) is 14.6 Å². The lowest BCUT2D eigenvalue weighted by Crippen LogP contribution is -2.54. The van der Waals surface area contributed by atoms with E-state index in [1.807, 2.05) is 0 Å². The molecule has 0 aliphatic carbocycles. The van der Waals surface area contributed by atoms with Gasteiger partial charge in [0.1, 0.15) is 5.37 Å². The number of carbonyl (C=O) groups excluding carboxylic acids is 1. The smallest absolute Gasteiger partial charge is 0.318 e. The molecule has 7 nitrogen and oxygen atoms in total. The summed E-state index contributed by atoms with van der Waals surface area (Å²) >= 11 is 1.49. The predicted molar refractivity (Wildman–Crippen MR) is 72.9 cm³/mol. The van der Waals surface area contributed by atoms with Crippen molar-refractivity contribution in [3.05, 3.63) is 0 Å². The van der Waals surface area contributed by atoms with E-state index in [4.69, 9.17) is 5.11 Å². The van der Waals surface area contributed by atoms with Gasteiger partial charge in [0.05, 0.1) is 5.92 Å². The number of urea groups is 1. The molecule has 1 rings (SSSR count). The van der Waals surface area contributed by atoms with Gasteiger partial charge >= 0.3 is 12.0 Å². The van der Waals surface area contributed by atoms with E-state index >= 15 is 0 Å². The van der Waals surface area contributed by atoms with E-state index in [1.54, 1.807) is 0 Å². The molecule has 2 atom stereocenters. The van der Waals surface area contributed by atoms with Gasteiger partial charge in [-0.15, -0.1) is 0 Å². The molecular weight excluding hydrogens is 292 g/mol. The number of hydrogen-bond acceptors (Lipinski definition) is 5. The Morgan fingerprint density at radius 3 is 2.68 bits per heavy atom. The summed E-state index contributed by atoms with van der Waals surface area (Å²) in [6.07, 6.45) is 1.10. The molecule has 9 heteroatoms. The van der Waals surface area contributed by atoms with E-state index in [9.17, 15) is 18.0 Å². The number of carboxylic acids is 1. The molecule has 0 bridgehead atoms. The van der Waals surface area contributed by atoms with Gasteiger partial charge in [-0.2, -0.15) is 11.8 Å². The number of aliphatic carboxylic acids is 1. The van der Waals surface area contributed by atoms with Crippen LogP contribution in [0.25, 0.3) is 0 Å². The lowest BCUT2D eigenvalue weighted by Gasteiger charge is -2.34. The van der Waals surface area contributed by atoms with Crippen LogP contribution in [0.2, 0.25) is 0 Å². The van der Waals surface area contributed by atoms with Crippen LogP contribution in [0, 0.1) is 5.92 Å². The monoisotopic (exact) mass is 310 g/mol. The molecule has 1 aliphatic rings. The van der Waals surface area contributed by atoms with Crippen molar-refractivity contribution in [2.75, 3.05) is 30.9 Å². The molecule has 1 heterocycles. The van der Waals surface area contributed by atoms with E-state index in [0.717, 1.165) is 6.26 Å². The van der Waals surface area contributed by atoms with Crippen molar-refractivity contribution in [3.63, 3.8) is 0 Å². The van der Waals surface area contributed by atoms with Crippen molar-refractivity contribution in [2.24, 2.45) is 5.92 Å². The summed E-state index contributed by atoms with van der Waals surface area (Å²) in [6, 6.07) is -0.524. The van der Waals surface area contributed by atoms with Gasteiger partial charge in [0.15, 0.2) is 9.84 Å². The van der Waals surface area contributed by atoms with E-state index in [1.165, 1.54) is 23.6 Å². The van der Waals surface area contributed by atoms with Crippen LogP contribution in [0.3, 0.4) is 0 Å². The fourth-order valence-corrected chi connectivity index (χ4v) is 4.41. The van der Waals surface area contributed by atoms with Crippen molar-refractivity contribution in [3.8, 4) is 0 Å². The molecule has 0 saturated carbocycles. The summed E-state index contributed by atoms with van der Waals surface area (Å²) in [5, 5.41) is 10.3. The number of thioether (sulfide) groups is 1. The number of nitrogens with one attached hydrogen (secondary N) is 1. The van der Waals surface area contributed by atoms with Crippen LogP contribution in [0.4, 0.5) is 4.79 Å². The molecular formula is C10H18N2O5S2. The number of nitrogens with zero attached hydrogens (tertiary/aromatic N) is 1. The molecule has 0 radical (unpaired) electrons. The van der Waals surface area contributed by atoms with Gasteiger partial charge in [-0.25, -0.2) is 13.2 Å². The van der Waals surface area contributed by atoms with E-state index in [2.05, 4.69) is 5.32 Å². The average molecular weight is 310 g/mol. The van der Waals surface area contributed by atoms with Crippen LogP contribution in [0.5, 0.6) is 0 Å². The highest BCUT2D eigenvalue weighted by molar-refractivity contribution is 8.00. The zero-order valence-electron chi connectivity index (χ0n) is 10.8. The Hall–Kier alpha value is -0.960. The SMILES string of the molecule is CC(CNC(=O)N1CCSCC1S(C)(=O)=O)C(=O)O. The first-order chi connectivity index (χ1) is 8.73. The molecule has 110 valence electrons. The highest BCUT2D eigenvalue weighted by Crippen LogP contribution is 2.20. The molecule has 19 heavy (non-hydrogen) atoms. The molecule has 2 unspecified atom stereocenters. The Labute approximate surface area is 116 Å². The van der Waals surface area contributed by atoms with Gasteiger partial charge < -0.3 is 15.3 Å². The Morgan fingerprint density at radius 2 is 2.16 bits per heavy atom. The minimum Gasteiger partial charge on any atom is -0.481 e. The van der Waals surface area contributed by atoms with Gasteiger partial charge in [-0.3, -0.25) is 4.79 Å². The Kier molecular flexibility index (Phi) is 5.48. The minimum absolute atomic E-state index is 0.0196. The van der Waals surface area contributed by atoms with Gasteiger partial charge in [0, 0.05) is 30.9 Å². The number of rotatable bonds is 4. The third-order valence-corrected chi connectivity index (χ3v) is 5.46. The maximum Gasteiger partial charge on any atom is 0.318 e. The predicted octanol–water partition coefficient (Wildman–Crippen LogP) is -0.164. The number of carboxylic acid groups (broad SMARTS) is 1. The molecule has 1 aliphatic heterocycles. The average Bonchev–Trinajstić information content (AvgIpc) is 2.34. The highest BCUT2D eigenvalue weighted by Gasteiger charge is 2.34. The first-order valence-electron chi connectivity index (χ1n) is 5.77. The standard InChI is InChI=1S/C10H18N2O5S2/c1-7(9(13)14)5-11-10(15)12-3-4-18-6-8(12)19(2,16)17/h7-8H,3-6H2,1-2H3,(H,11,15)(H,13,14). The second-order valence-electron chi connectivity index (χ2n) is 4.48. The fourth-order valence-electron chi connectivity index (χ4n) is 1.60. The van der Waals surface area contributed by atoms with Gasteiger partial charge in [0.25, 0.3) is 0 Å². The number of carbonyl (C=O) groups is 2. The summed E-state index contributed by atoms with van der Waals surface area (Å²) < 4.78 is 23.2. The quantitative estimate of drug-likeness (QED) is 0.747. The van der Waals surface area contributed by atoms with Gasteiger partial charge in [0.2, 0.25) is 0 Å². The Morgan fingerprint density at radius 1 is 1.53 bits per heavy atom. The van der Waals surface area contributed by atoms with Crippen molar-refractivity contribution in [2.45, 2.75) is 12.3 Å². The van der Waals surface area contributed by atoms with Crippen molar-refractivity contribution < 1.29 is 23.1 Å². The number of hydrogen-bond donors (Lipinski definition) is 2. The second-order valence-corrected chi connectivity index (χ2v) is 7.83. The lowest BCUT2D eigenvalue weighted by molar-refractivity contribution is -0.140. The van der Waals surface area contributed by atoms with Crippen LogP contribution in [0.1, 0.15) is 6.92 Å². The first-order valence-corrected chi connectivity index (χ1v) is 8.88. The summed E-state index contributed by atoms with van der Waals surface area (Å²) in [5.41, 5.74) is 0. The molecule has 0 aromatic rings. The molecule has 0 spiro atoms. The van der Waals surface area contributed by atoms with E-state index in [-0.39, 0.29) is 6.54 Å². The summed E-state index contributed by atoms with van der Waals surface area (Å²) in [5.74, 6) is -0.691. The van der Waals surface area contributed by atoms with E-state index < -0.39 is 33.1 Å². The Balaban J connectivity index is 2.65. The Bertz CT molecular complexity index is 451.